The Hall–Kier alpha value is -1.22. The normalized spacial score (nSPS) is 9.24. The number of thioether (sulfide) groups is 1. The topological polar surface area (TPSA) is 26.3 Å². The SMILES string of the molecule is CC(=O)c1cccs1.COCc1cccs1.CSc1cccs1.Cc1cccs1. The van der Waals surface area contributed by atoms with Gasteiger partial charge in [0.05, 0.1) is 15.7 Å². The number of rotatable bonds is 4. The average Bonchev–Trinajstić information content (AvgIpc) is 3.52. The minimum atomic E-state index is 0.153. The van der Waals surface area contributed by atoms with E-state index in [9.17, 15) is 4.79 Å². The molecule has 4 rings (SSSR count). The molecule has 4 aromatic heterocycles. The molecule has 7 heteroatoms. The van der Waals surface area contributed by atoms with E-state index in [0.29, 0.717) is 0 Å². The third-order valence-electron chi connectivity index (χ3n) is 3.09. The molecule has 0 aliphatic rings. The maximum atomic E-state index is 10.5. The van der Waals surface area contributed by atoms with Gasteiger partial charge < -0.3 is 4.74 Å². The summed E-state index contributed by atoms with van der Waals surface area (Å²) in [6.07, 6.45) is 2.09. The molecule has 0 fully saturated rings. The highest BCUT2D eigenvalue weighted by molar-refractivity contribution is 8.00. The van der Waals surface area contributed by atoms with Crippen molar-refractivity contribution >= 4 is 62.9 Å². The predicted octanol–water partition coefficient (Wildman–Crippen LogP) is 8.37. The van der Waals surface area contributed by atoms with E-state index in [1.165, 1.54) is 25.3 Å². The molecule has 4 aromatic rings. The van der Waals surface area contributed by atoms with Gasteiger partial charge >= 0.3 is 0 Å². The van der Waals surface area contributed by atoms with Crippen molar-refractivity contribution in [1.29, 1.82) is 0 Å². The van der Waals surface area contributed by atoms with Crippen LogP contribution in [0, 0.1) is 6.92 Å². The van der Waals surface area contributed by atoms with E-state index in [4.69, 9.17) is 4.74 Å². The van der Waals surface area contributed by atoms with E-state index in [1.54, 1.807) is 59.8 Å². The van der Waals surface area contributed by atoms with E-state index in [1.807, 2.05) is 29.0 Å². The lowest BCUT2D eigenvalue weighted by Gasteiger charge is -1.89. The molecule has 0 spiro atoms. The van der Waals surface area contributed by atoms with Crippen molar-refractivity contribution in [3.63, 3.8) is 0 Å². The van der Waals surface area contributed by atoms with Crippen LogP contribution in [0.15, 0.2) is 74.3 Å². The zero-order valence-corrected chi connectivity index (χ0v) is 21.1. The third-order valence-corrected chi connectivity index (χ3v) is 7.70. The fourth-order valence-corrected chi connectivity index (χ4v) is 4.80. The van der Waals surface area contributed by atoms with Crippen LogP contribution in [-0.4, -0.2) is 19.1 Å². The van der Waals surface area contributed by atoms with Crippen molar-refractivity contribution in [1.82, 2.24) is 0 Å². The third kappa shape index (κ3) is 12.8. The summed E-state index contributed by atoms with van der Waals surface area (Å²) < 4.78 is 6.29. The Morgan fingerprint density at radius 3 is 1.83 bits per heavy atom. The van der Waals surface area contributed by atoms with Gasteiger partial charge in [-0.15, -0.1) is 57.1 Å². The molecule has 0 amide bonds. The van der Waals surface area contributed by atoms with Crippen molar-refractivity contribution in [3.8, 4) is 0 Å². The zero-order valence-electron chi connectivity index (χ0n) is 17.0. The van der Waals surface area contributed by atoms with Crippen molar-refractivity contribution < 1.29 is 9.53 Å². The van der Waals surface area contributed by atoms with E-state index < -0.39 is 0 Å². The molecule has 0 aromatic carbocycles. The number of hydrogen-bond donors (Lipinski definition) is 0. The lowest BCUT2D eigenvalue weighted by molar-refractivity contribution is 0.102. The zero-order chi connectivity index (χ0) is 21.3. The van der Waals surface area contributed by atoms with Gasteiger partial charge in [0.25, 0.3) is 0 Å². The monoisotopic (exact) mass is 482 g/mol. The van der Waals surface area contributed by atoms with E-state index in [-0.39, 0.29) is 5.78 Å². The standard InChI is InChI=1S/C6H8OS.C6H6OS.C5H6S2.C5H6S/c1-7-5-6-3-2-4-8-6;1-5(7)6-3-2-4-8-6;1-6-5-3-2-4-7-5;1-5-3-2-4-6-5/h2-4H,5H2,1H3;2-4H,1H3;2-4H,1H3;2-4H,1H3. The van der Waals surface area contributed by atoms with E-state index in [0.717, 1.165) is 11.5 Å². The highest BCUT2D eigenvalue weighted by Crippen LogP contribution is 2.19. The van der Waals surface area contributed by atoms with Crippen molar-refractivity contribution in [2.24, 2.45) is 0 Å². The van der Waals surface area contributed by atoms with Gasteiger partial charge in [0.1, 0.15) is 0 Å². The fraction of sp³-hybridized carbons (Fsp3) is 0.227. The first-order valence-electron chi connectivity index (χ1n) is 8.70. The van der Waals surface area contributed by atoms with Crippen molar-refractivity contribution in [3.05, 3.63) is 84.7 Å². The van der Waals surface area contributed by atoms with Crippen molar-refractivity contribution in [2.45, 2.75) is 24.7 Å². The van der Waals surface area contributed by atoms with Crippen molar-refractivity contribution in [2.75, 3.05) is 13.4 Å². The molecule has 29 heavy (non-hydrogen) atoms. The van der Waals surface area contributed by atoms with Crippen LogP contribution in [-0.2, 0) is 11.3 Å². The van der Waals surface area contributed by atoms with Gasteiger partial charge in [-0.2, -0.15) is 0 Å². The van der Waals surface area contributed by atoms with Gasteiger partial charge in [-0.1, -0.05) is 24.3 Å². The number of carbonyl (C=O) groups is 1. The molecule has 0 bridgehead atoms. The van der Waals surface area contributed by atoms with Crippen LogP contribution in [0.2, 0.25) is 0 Å². The summed E-state index contributed by atoms with van der Waals surface area (Å²) in [5, 5.41) is 8.12. The highest BCUT2D eigenvalue weighted by atomic mass is 32.2. The fourth-order valence-electron chi connectivity index (χ4n) is 1.76. The quantitative estimate of drug-likeness (QED) is 0.216. The molecular formula is C22H26O2S5. The highest BCUT2D eigenvalue weighted by Gasteiger charge is 1.95. The lowest BCUT2D eigenvalue weighted by Crippen LogP contribution is -1.83. The minimum absolute atomic E-state index is 0.153. The molecule has 2 nitrogen and oxygen atoms in total. The number of hydrogen-bond acceptors (Lipinski definition) is 7. The van der Waals surface area contributed by atoms with Gasteiger partial charge in [0.2, 0.25) is 0 Å². The number of ketones is 1. The number of Topliss-reactive ketones (excluding diaryl/α,β-unsaturated/α-hetero) is 1. The first kappa shape index (κ1) is 25.8. The summed E-state index contributed by atoms with van der Waals surface area (Å²) >= 11 is 8.56. The van der Waals surface area contributed by atoms with E-state index in [2.05, 4.69) is 54.3 Å². The first-order chi connectivity index (χ1) is 14.1. The maximum Gasteiger partial charge on any atom is 0.169 e. The average molecular weight is 483 g/mol. The Bertz CT molecular complexity index is 833. The summed E-state index contributed by atoms with van der Waals surface area (Å²) in [6.45, 7) is 4.42. The summed E-state index contributed by atoms with van der Waals surface area (Å²) in [5.41, 5.74) is 0. The molecular weight excluding hydrogens is 457 g/mol. The summed E-state index contributed by atoms with van der Waals surface area (Å²) in [6, 6.07) is 16.1. The summed E-state index contributed by atoms with van der Waals surface area (Å²) in [5.74, 6) is 0.153. The molecule has 0 unspecified atom stereocenters. The van der Waals surface area contributed by atoms with Crippen LogP contribution >= 0.6 is 57.1 Å². The minimum Gasteiger partial charge on any atom is -0.379 e. The Labute approximate surface area is 194 Å². The maximum absolute atomic E-state index is 10.5. The number of aryl methyl sites for hydroxylation is 1. The van der Waals surface area contributed by atoms with Crippen LogP contribution in [0.25, 0.3) is 0 Å². The van der Waals surface area contributed by atoms with Gasteiger partial charge in [0.15, 0.2) is 5.78 Å². The Kier molecular flexibility index (Phi) is 14.7. The van der Waals surface area contributed by atoms with Gasteiger partial charge in [0, 0.05) is 16.9 Å². The smallest absolute Gasteiger partial charge is 0.169 e. The van der Waals surface area contributed by atoms with Crippen LogP contribution in [0.5, 0.6) is 0 Å². The largest absolute Gasteiger partial charge is 0.379 e. The first-order valence-corrected chi connectivity index (χ1v) is 13.4. The second-order valence-electron chi connectivity index (χ2n) is 5.41. The van der Waals surface area contributed by atoms with Gasteiger partial charge in [-0.3, -0.25) is 4.79 Å². The number of ether oxygens (including phenoxy) is 1. The molecule has 0 saturated heterocycles. The molecule has 0 saturated carbocycles. The number of methoxy groups -OCH3 is 1. The second-order valence-corrected chi connectivity index (χ2v) is 10.6. The van der Waals surface area contributed by atoms with Crippen LogP contribution < -0.4 is 0 Å². The van der Waals surface area contributed by atoms with Crippen LogP contribution in [0.4, 0.5) is 0 Å². The van der Waals surface area contributed by atoms with Gasteiger partial charge in [-0.25, -0.2) is 0 Å². The molecule has 0 atom stereocenters. The van der Waals surface area contributed by atoms with E-state index >= 15 is 0 Å². The molecule has 0 N–H and O–H groups in total. The van der Waals surface area contributed by atoms with Gasteiger partial charge in [-0.05, 0) is 65.9 Å². The molecule has 0 aliphatic heterocycles. The molecule has 0 aliphatic carbocycles. The molecule has 4 heterocycles. The lowest BCUT2D eigenvalue weighted by atomic mass is 10.4. The summed E-state index contributed by atoms with van der Waals surface area (Å²) in [4.78, 5) is 14.0. The molecule has 156 valence electrons. The number of carbonyl (C=O) groups excluding carboxylic acids is 1. The van der Waals surface area contributed by atoms with Crippen LogP contribution in [0.3, 0.4) is 0 Å². The predicted molar refractivity (Wildman–Crippen MR) is 135 cm³/mol. The number of thiophene rings is 4. The summed E-state index contributed by atoms with van der Waals surface area (Å²) in [7, 11) is 1.71. The molecule has 0 radical (unpaired) electrons. The Morgan fingerprint density at radius 2 is 1.52 bits per heavy atom. The second kappa shape index (κ2) is 16.6. The Balaban J connectivity index is 0.000000194. The Morgan fingerprint density at radius 1 is 0.897 bits per heavy atom. The van der Waals surface area contributed by atoms with Crippen LogP contribution in [0.1, 0.15) is 26.3 Å².